The molecule has 1 amide bonds. The highest BCUT2D eigenvalue weighted by atomic mass is 35.5. The molecule has 1 N–H and O–H groups in total. The lowest BCUT2D eigenvalue weighted by molar-refractivity contribution is -0.130. The first-order valence-corrected chi connectivity index (χ1v) is 9.63. The van der Waals surface area contributed by atoms with Crippen LogP contribution in [0.2, 0.25) is 5.02 Å². The molecule has 0 radical (unpaired) electrons. The fourth-order valence-corrected chi connectivity index (χ4v) is 3.75. The summed E-state index contributed by atoms with van der Waals surface area (Å²) >= 11 is 5.97. The van der Waals surface area contributed by atoms with Gasteiger partial charge in [0.25, 0.3) is 5.91 Å². The molecule has 5 heteroatoms. The van der Waals surface area contributed by atoms with Crippen LogP contribution in [0.3, 0.4) is 0 Å². The number of benzene rings is 3. The van der Waals surface area contributed by atoms with Gasteiger partial charge in [0.05, 0.1) is 6.04 Å². The van der Waals surface area contributed by atoms with E-state index in [1.54, 1.807) is 29.2 Å². The Hall–Kier alpha value is -3.11. The maximum atomic E-state index is 13.5. The number of nitrogens with zero attached hydrogens (tertiary/aromatic N) is 1. The van der Waals surface area contributed by atoms with Gasteiger partial charge in [-0.1, -0.05) is 65.7 Å². The molecule has 0 saturated heterocycles. The van der Waals surface area contributed by atoms with Crippen molar-refractivity contribution in [3.63, 3.8) is 0 Å². The fraction of sp³-hybridized carbons (Fsp3) is 0.125. The monoisotopic (exact) mass is 407 g/mol. The summed E-state index contributed by atoms with van der Waals surface area (Å²) in [5, 5.41) is 11.4. The SMILES string of the molecule is Cc1ccc(C2=C(O)C(=O)N(Cc3ccc(Cl)cc3)[C@@H]2c2ccc(F)cc2)cc1. The van der Waals surface area contributed by atoms with Gasteiger partial charge < -0.3 is 10.0 Å². The van der Waals surface area contributed by atoms with Crippen molar-refractivity contribution >= 4 is 23.1 Å². The van der Waals surface area contributed by atoms with Crippen LogP contribution in [0, 0.1) is 12.7 Å². The average molecular weight is 408 g/mol. The van der Waals surface area contributed by atoms with Gasteiger partial charge in [0, 0.05) is 17.1 Å². The normalized spacial score (nSPS) is 16.6. The van der Waals surface area contributed by atoms with Crippen molar-refractivity contribution in [1.82, 2.24) is 4.90 Å². The number of aryl methyl sites for hydroxylation is 1. The van der Waals surface area contributed by atoms with Gasteiger partial charge in [-0.15, -0.1) is 0 Å². The average Bonchev–Trinajstić information content (AvgIpc) is 2.96. The van der Waals surface area contributed by atoms with E-state index in [2.05, 4.69) is 0 Å². The number of rotatable bonds is 4. The molecule has 0 fully saturated rings. The van der Waals surface area contributed by atoms with Crippen LogP contribution < -0.4 is 0 Å². The molecule has 0 aromatic heterocycles. The molecule has 29 heavy (non-hydrogen) atoms. The van der Waals surface area contributed by atoms with Crippen molar-refractivity contribution in [3.05, 3.63) is 112 Å². The lowest BCUT2D eigenvalue weighted by atomic mass is 9.93. The second-order valence-electron chi connectivity index (χ2n) is 7.14. The Kier molecular flexibility index (Phi) is 5.12. The van der Waals surface area contributed by atoms with Crippen molar-refractivity contribution in [2.45, 2.75) is 19.5 Å². The number of aliphatic hydroxyl groups excluding tert-OH is 1. The number of hydrogen-bond donors (Lipinski definition) is 1. The Bertz CT molecular complexity index is 1070. The minimum atomic E-state index is -0.526. The summed E-state index contributed by atoms with van der Waals surface area (Å²) in [6.45, 7) is 2.26. The Balaban J connectivity index is 1.80. The standard InChI is InChI=1S/C24H19ClFNO2/c1-15-2-6-17(7-3-15)21-22(18-8-12-20(26)13-9-18)27(24(29)23(21)28)14-16-4-10-19(25)11-5-16/h2-13,22,28H,14H2,1H3/t22-/m1/s1. The van der Waals surface area contributed by atoms with Crippen molar-refractivity contribution in [2.24, 2.45) is 0 Å². The lowest BCUT2D eigenvalue weighted by Crippen LogP contribution is -2.29. The van der Waals surface area contributed by atoms with E-state index in [4.69, 9.17) is 11.6 Å². The van der Waals surface area contributed by atoms with Crippen LogP contribution in [0.25, 0.3) is 5.57 Å². The van der Waals surface area contributed by atoms with Crippen LogP contribution >= 0.6 is 11.6 Å². The van der Waals surface area contributed by atoms with Crippen molar-refractivity contribution in [3.8, 4) is 0 Å². The van der Waals surface area contributed by atoms with E-state index in [0.717, 1.165) is 22.3 Å². The maximum Gasteiger partial charge on any atom is 0.290 e. The molecule has 0 saturated carbocycles. The van der Waals surface area contributed by atoms with Gasteiger partial charge in [-0.25, -0.2) is 4.39 Å². The molecule has 0 aliphatic carbocycles. The van der Waals surface area contributed by atoms with E-state index >= 15 is 0 Å². The fourth-order valence-electron chi connectivity index (χ4n) is 3.62. The Morgan fingerprint density at radius 2 is 1.59 bits per heavy atom. The molecule has 1 aliphatic heterocycles. The molecule has 4 rings (SSSR count). The first-order valence-electron chi connectivity index (χ1n) is 9.25. The minimum Gasteiger partial charge on any atom is -0.503 e. The lowest BCUT2D eigenvalue weighted by Gasteiger charge is -2.27. The van der Waals surface area contributed by atoms with Crippen LogP contribution in [0.1, 0.15) is 28.3 Å². The van der Waals surface area contributed by atoms with E-state index in [-0.39, 0.29) is 18.1 Å². The molecule has 3 aromatic rings. The van der Waals surface area contributed by atoms with E-state index in [9.17, 15) is 14.3 Å². The number of hydrogen-bond acceptors (Lipinski definition) is 2. The van der Waals surface area contributed by atoms with Gasteiger partial charge in [0.15, 0.2) is 5.76 Å². The summed E-state index contributed by atoms with van der Waals surface area (Å²) < 4.78 is 13.5. The number of carbonyl (C=O) groups is 1. The Morgan fingerprint density at radius 1 is 0.966 bits per heavy atom. The smallest absolute Gasteiger partial charge is 0.290 e. The number of carbonyl (C=O) groups excluding carboxylic acids is 1. The topological polar surface area (TPSA) is 40.5 Å². The van der Waals surface area contributed by atoms with Crippen LogP contribution in [0.5, 0.6) is 0 Å². The van der Waals surface area contributed by atoms with Crippen LogP contribution in [0.15, 0.2) is 78.6 Å². The highest BCUT2D eigenvalue weighted by Gasteiger charge is 2.40. The molecule has 3 aromatic carbocycles. The van der Waals surface area contributed by atoms with E-state index < -0.39 is 11.9 Å². The molecule has 146 valence electrons. The summed E-state index contributed by atoms with van der Waals surface area (Å²) in [4.78, 5) is 14.6. The second kappa shape index (κ2) is 7.72. The number of amides is 1. The van der Waals surface area contributed by atoms with Gasteiger partial charge in [0.1, 0.15) is 5.82 Å². The third-order valence-electron chi connectivity index (χ3n) is 5.12. The minimum absolute atomic E-state index is 0.280. The van der Waals surface area contributed by atoms with E-state index in [1.807, 2.05) is 43.3 Å². The summed E-state index contributed by atoms with van der Waals surface area (Å²) in [6, 6.07) is 20.4. The molecule has 0 bridgehead atoms. The predicted octanol–water partition coefficient (Wildman–Crippen LogP) is 5.84. The van der Waals surface area contributed by atoms with Gasteiger partial charge in [-0.05, 0) is 47.9 Å². The van der Waals surface area contributed by atoms with Gasteiger partial charge >= 0.3 is 0 Å². The zero-order valence-electron chi connectivity index (χ0n) is 15.8. The van der Waals surface area contributed by atoms with Crippen molar-refractivity contribution < 1.29 is 14.3 Å². The highest BCUT2D eigenvalue weighted by Crippen LogP contribution is 2.43. The van der Waals surface area contributed by atoms with E-state index in [0.29, 0.717) is 10.6 Å². The number of halogens is 2. The third-order valence-corrected chi connectivity index (χ3v) is 5.37. The van der Waals surface area contributed by atoms with Crippen molar-refractivity contribution in [2.75, 3.05) is 0 Å². The third kappa shape index (κ3) is 3.76. The first-order chi connectivity index (χ1) is 13.9. The van der Waals surface area contributed by atoms with Crippen LogP contribution in [-0.2, 0) is 11.3 Å². The van der Waals surface area contributed by atoms with Crippen molar-refractivity contribution in [1.29, 1.82) is 0 Å². The number of aliphatic hydroxyl groups is 1. The molecular weight excluding hydrogens is 389 g/mol. The van der Waals surface area contributed by atoms with Gasteiger partial charge in [-0.3, -0.25) is 4.79 Å². The molecule has 3 nitrogen and oxygen atoms in total. The zero-order valence-corrected chi connectivity index (χ0v) is 16.5. The summed E-state index contributed by atoms with van der Waals surface area (Å²) in [5.74, 6) is -1.09. The Labute approximate surface area is 173 Å². The summed E-state index contributed by atoms with van der Waals surface area (Å²) in [5.41, 5.74) is 3.97. The molecule has 0 spiro atoms. The molecule has 1 aliphatic rings. The van der Waals surface area contributed by atoms with Crippen LogP contribution in [-0.4, -0.2) is 15.9 Å². The second-order valence-corrected chi connectivity index (χ2v) is 7.58. The quantitative estimate of drug-likeness (QED) is 0.590. The highest BCUT2D eigenvalue weighted by molar-refractivity contribution is 6.30. The Morgan fingerprint density at radius 3 is 2.21 bits per heavy atom. The van der Waals surface area contributed by atoms with E-state index in [1.165, 1.54) is 12.1 Å². The summed E-state index contributed by atoms with van der Waals surface area (Å²) in [6.07, 6.45) is 0. The molecule has 1 heterocycles. The van der Waals surface area contributed by atoms with Crippen LogP contribution in [0.4, 0.5) is 4.39 Å². The summed E-state index contributed by atoms with van der Waals surface area (Å²) in [7, 11) is 0. The van der Waals surface area contributed by atoms with Gasteiger partial charge in [0.2, 0.25) is 0 Å². The maximum absolute atomic E-state index is 13.5. The molecule has 0 unspecified atom stereocenters. The first kappa shape index (κ1) is 19.2. The zero-order chi connectivity index (χ0) is 20.5. The molecule has 1 atom stereocenters. The molecular formula is C24H19ClFNO2. The largest absolute Gasteiger partial charge is 0.503 e. The van der Waals surface area contributed by atoms with Gasteiger partial charge in [-0.2, -0.15) is 0 Å². The predicted molar refractivity (Wildman–Crippen MR) is 112 cm³/mol.